The normalized spacial score (nSPS) is 21.9. The van der Waals surface area contributed by atoms with Crippen molar-refractivity contribution in [1.82, 2.24) is 0 Å². The minimum atomic E-state index is -0.519. The van der Waals surface area contributed by atoms with Crippen molar-refractivity contribution in [2.45, 2.75) is 44.8 Å². The van der Waals surface area contributed by atoms with E-state index in [1.165, 1.54) is 0 Å². The molecule has 0 spiro atoms. The number of carbonyl (C=O) groups excluding carboxylic acids is 1. The second-order valence-corrected chi connectivity index (χ2v) is 6.28. The minimum Gasteiger partial charge on any atom is -0.444 e. The fourth-order valence-electron chi connectivity index (χ4n) is 1.90. The minimum absolute atomic E-state index is 0.210. The number of hydrogen-bond acceptors (Lipinski definition) is 3. The molecular formula is C14H19ClN2O2. The molecule has 0 aromatic heterocycles. The van der Waals surface area contributed by atoms with Crippen molar-refractivity contribution in [2.75, 3.05) is 5.32 Å². The lowest BCUT2D eigenvalue weighted by molar-refractivity contribution is 0.0636. The van der Waals surface area contributed by atoms with Gasteiger partial charge in [0, 0.05) is 22.7 Å². The highest BCUT2D eigenvalue weighted by Gasteiger charge is 2.36. The Hall–Kier alpha value is -1.26. The molecule has 1 fully saturated rings. The number of ether oxygens (including phenoxy) is 1. The number of amides is 1. The maximum Gasteiger partial charge on any atom is 0.412 e. The number of hydrogen-bond donors (Lipinski definition) is 2. The predicted octanol–water partition coefficient (Wildman–Crippen LogP) is 3.50. The average Bonchev–Trinajstić information content (AvgIpc) is 2.92. The molecule has 2 rings (SSSR count). The molecule has 1 aromatic carbocycles. The van der Waals surface area contributed by atoms with E-state index in [0.29, 0.717) is 16.6 Å². The highest BCUT2D eigenvalue weighted by molar-refractivity contribution is 6.31. The average molecular weight is 283 g/mol. The van der Waals surface area contributed by atoms with Gasteiger partial charge in [0.15, 0.2) is 0 Å². The fourth-order valence-corrected chi connectivity index (χ4v) is 2.22. The van der Waals surface area contributed by atoms with Gasteiger partial charge in [-0.05, 0) is 44.9 Å². The zero-order valence-electron chi connectivity index (χ0n) is 11.4. The molecule has 0 radical (unpaired) electrons. The van der Waals surface area contributed by atoms with Crippen LogP contribution in [0.4, 0.5) is 10.5 Å². The molecule has 3 N–H and O–H groups in total. The Morgan fingerprint density at radius 2 is 2.11 bits per heavy atom. The Morgan fingerprint density at radius 3 is 2.58 bits per heavy atom. The smallest absolute Gasteiger partial charge is 0.412 e. The van der Waals surface area contributed by atoms with Gasteiger partial charge in [-0.15, -0.1) is 0 Å². The summed E-state index contributed by atoms with van der Waals surface area (Å²) in [7, 11) is 0. The van der Waals surface area contributed by atoms with Crippen molar-refractivity contribution >= 4 is 23.4 Å². The SMILES string of the molecule is CC(C)(C)OC(=O)Nc1ccc(C2CC2N)c(Cl)c1. The predicted molar refractivity (Wildman–Crippen MR) is 76.6 cm³/mol. The number of benzene rings is 1. The van der Waals surface area contributed by atoms with E-state index in [1.54, 1.807) is 6.07 Å². The molecule has 1 amide bonds. The van der Waals surface area contributed by atoms with E-state index < -0.39 is 11.7 Å². The van der Waals surface area contributed by atoms with Crippen LogP contribution in [0.1, 0.15) is 38.7 Å². The van der Waals surface area contributed by atoms with Crippen molar-refractivity contribution < 1.29 is 9.53 Å². The zero-order chi connectivity index (χ0) is 14.2. The molecule has 1 aliphatic carbocycles. The van der Waals surface area contributed by atoms with Gasteiger partial charge in [0.2, 0.25) is 0 Å². The number of carbonyl (C=O) groups is 1. The van der Waals surface area contributed by atoms with Gasteiger partial charge < -0.3 is 10.5 Å². The third kappa shape index (κ3) is 3.85. The largest absolute Gasteiger partial charge is 0.444 e. The van der Waals surface area contributed by atoms with Crippen LogP contribution in [0.2, 0.25) is 5.02 Å². The lowest BCUT2D eigenvalue weighted by atomic mass is 10.1. The summed E-state index contributed by atoms with van der Waals surface area (Å²) in [6.07, 6.45) is 0.484. The van der Waals surface area contributed by atoms with Crippen LogP contribution in [-0.2, 0) is 4.74 Å². The van der Waals surface area contributed by atoms with E-state index in [9.17, 15) is 4.79 Å². The third-order valence-corrected chi connectivity index (χ3v) is 3.21. The Balaban J connectivity index is 2.02. The van der Waals surface area contributed by atoms with Crippen LogP contribution in [0.15, 0.2) is 18.2 Å². The number of nitrogens with two attached hydrogens (primary N) is 1. The second kappa shape index (κ2) is 5.02. The van der Waals surface area contributed by atoms with Crippen LogP contribution >= 0.6 is 11.6 Å². The number of nitrogens with one attached hydrogen (secondary N) is 1. The van der Waals surface area contributed by atoms with Gasteiger partial charge in [-0.2, -0.15) is 0 Å². The van der Waals surface area contributed by atoms with Gasteiger partial charge >= 0.3 is 6.09 Å². The van der Waals surface area contributed by atoms with E-state index in [1.807, 2.05) is 32.9 Å². The van der Waals surface area contributed by atoms with Crippen LogP contribution in [0.25, 0.3) is 0 Å². The topological polar surface area (TPSA) is 64.3 Å². The molecular weight excluding hydrogens is 264 g/mol. The number of halogens is 1. The van der Waals surface area contributed by atoms with Gasteiger partial charge in [0.05, 0.1) is 0 Å². The molecule has 2 atom stereocenters. The van der Waals surface area contributed by atoms with Crippen molar-refractivity contribution in [3.05, 3.63) is 28.8 Å². The third-order valence-electron chi connectivity index (χ3n) is 2.89. The first-order chi connectivity index (χ1) is 8.76. The van der Waals surface area contributed by atoms with E-state index in [4.69, 9.17) is 22.1 Å². The molecule has 1 aliphatic rings. The maximum absolute atomic E-state index is 11.6. The van der Waals surface area contributed by atoms with Crippen molar-refractivity contribution in [3.63, 3.8) is 0 Å². The van der Waals surface area contributed by atoms with E-state index in [-0.39, 0.29) is 6.04 Å². The maximum atomic E-state index is 11.6. The molecule has 2 unspecified atom stereocenters. The summed E-state index contributed by atoms with van der Waals surface area (Å²) in [5, 5.41) is 3.29. The second-order valence-electron chi connectivity index (χ2n) is 5.87. The van der Waals surface area contributed by atoms with E-state index in [2.05, 4.69) is 5.32 Å². The molecule has 1 aromatic rings. The zero-order valence-corrected chi connectivity index (χ0v) is 12.1. The van der Waals surface area contributed by atoms with Gasteiger partial charge in [-0.1, -0.05) is 17.7 Å². The molecule has 19 heavy (non-hydrogen) atoms. The molecule has 0 bridgehead atoms. The first kappa shape index (κ1) is 14.2. The highest BCUT2D eigenvalue weighted by atomic mass is 35.5. The summed E-state index contributed by atoms with van der Waals surface area (Å²) >= 11 is 6.20. The molecule has 4 nitrogen and oxygen atoms in total. The van der Waals surface area contributed by atoms with Gasteiger partial charge in [-0.25, -0.2) is 4.79 Å². The van der Waals surface area contributed by atoms with E-state index in [0.717, 1.165) is 12.0 Å². The van der Waals surface area contributed by atoms with Gasteiger partial charge in [0.25, 0.3) is 0 Å². The molecule has 1 saturated carbocycles. The number of anilines is 1. The lowest BCUT2D eigenvalue weighted by Crippen LogP contribution is -2.27. The van der Waals surface area contributed by atoms with Crippen molar-refractivity contribution in [2.24, 2.45) is 5.73 Å². The summed E-state index contributed by atoms with van der Waals surface area (Å²) in [6, 6.07) is 5.66. The Kier molecular flexibility index (Phi) is 3.74. The molecule has 5 heteroatoms. The quantitative estimate of drug-likeness (QED) is 0.872. The molecule has 0 heterocycles. The lowest BCUT2D eigenvalue weighted by Gasteiger charge is -2.19. The first-order valence-electron chi connectivity index (χ1n) is 6.31. The van der Waals surface area contributed by atoms with Gasteiger partial charge in [0.1, 0.15) is 5.60 Å². The summed E-state index contributed by atoms with van der Waals surface area (Å²) in [4.78, 5) is 11.6. The van der Waals surface area contributed by atoms with Crippen LogP contribution in [0, 0.1) is 0 Å². The fraction of sp³-hybridized carbons (Fsp3) is 0.500. The molecule has 0 aliphatic heterocycles. The van der Waals surface area contributed by atoms with Crippen molar-refractivity contribution in [3.8, 4) is 0 Å². The van der Waals surface area contributed by atoms with Crippen LogP contribution in [-0.4, -0.2) is 17.7 Å². The summed E-state index contributed by atoms with van der Waals surface area (Å²) in [5.41, 5.74) is 6.96. The Morgan fingerprint density at radius 1 is 1.47 bits per heavy atom. The van der Waals surface area contributed by atoms with Crippen LogP contribution in [0.3, 0.4) is 0 Å². The van der Waals surface area contributed by atoms with Crippen LogP contribution in [0.5, 0.6) is 0 Å². The summed E-state index contributed by atoms with van der Waals surface area (Å²) < 4.78 is 5.18. The van der Waals surface area contributed by atoms with E-state index >= 15 is 0 Å². The first-order valence-corrected chi connectivity index (χ1v) is 6.69. The number of rotatable bonds is 2. The highest BCUT2D eigenvalue weighted by Crippen LogP contribution is 2.42. The van der Waals surface area contributed by atoms with Gasteiger partial charge in [-0.3, -0.25) is 5.32 Å². The molecule has 0 saturated heterocycles. The Bertz CT molecular complexity index is 497. The summed E-state index contributed by atoms with van der Waals surface area (Å²) in [6.45, 7) is 5.45. The van der Waals surface area contributed by atoms with Crippen LogP contribution < -0.4 is 11.1 Å². The standard InChI is InChI=1S/C14H19ClN2O2/c1-14(2,3)19-13(18)17-8-4-5-9(11(15)6-8)10-7-12(10)16/h4-6,10,12H,7,16H2,1-3H3,(H,17,18). The summed E-state index contributed by atoms with van der Waals surface area (Å²) in [5.74, 6) is 0.350. The monoisotopic (exact) mass is 282 g/mol. The molecule has 104 valence electrons. The van der Waals surface area contributed by atoms with Crippen molar-refractivity contribution in [1.29, 1.82) is 0 Å². The Labute approximate surface area is 118 Å².